The van der Waals surface area contributed by atoms with Crippen LogP contribution >= 0.6 is 11.6 Å². The van der Waals surface area contributed by atoms with Crippen molar-refractivity contribution in [1.82, 2.24) is 9.55 Å². The van der Waals surface area contributed by atoms with Gasteiger partial charge in [-0.05, 0) is 56.2 Å². The van der Waals surface area contributed by atoms with Gasteiger partial charge in [0.2, 0.25) is 0 Å². The molecule has 0 N–H and O–H groups in total. The summed E-state index contributed by atoms with van der Waals surface area (Å²) in [6.45, 7) is 5.54. The van der Waals surface area contributed by atoms with Gasteiger partial charge in [-0.15, -0.1) is 0 Å². The van der Waals surface area contributed by atoms with Crippen LogP contribution in [0.1, 0.15) is 20.8 Å². The number of rotatable bonds is 1. The molecule has 0 saturated carbocycles. The third-order valence-electron chi connectivity index (χ3n) is 3.34. The number of fused-ring (bicyclic) bond motifs is 1. The van der Waals surface area contributed by atoms with Crippen LogP contribution in [0.25, 0.3) is 22.0 Å². The Balaban J connectivity index is 2.05. The van der Waals surface area contributed by atoms with Crippen molar-refractivity contribution in [3.05, 3.63) is 53.9 Å². The van der Waals surface area contributed by atoms with Crippen molar-refractivity contribution in [2.24, 2.45) is 0 Å². The molecule has 0 spiro atoms. The number of benzene rings is 1. The van der Waals surface area contributed by atoms with Gasteiger partial charge in [0.1, 0.15) is 10.8 Å². The van der Waals surface area contributed by atoms with Crippen molar-refractivity contribution in [3.63, 3.8) is 0 Å². The maximum Gasteiger partial charge on any atom is 0.418 e. The molecule has 0 radical (unpaired) electrons. The summed E-state index contributed by atoms with van der Waals surface area (Å²) in [5.41, 5.74) is 2.17. The molecule has 4 nitrogen and oxygen atoms in total. The van der Waals surface area contributed by atoms with Gasteiger partial charge < -0.3 is 4.74 Å². The van der Waals surface area contributed by atoms with E-state index in [-0.39, 0.29) is 0 Å². The Morgan fingerprint density at radius 2 is 1.87 bits per heavy atom. The molecule has 5 heteroatoms. The molecular formula is C18H17ClN2O2. The zero-order chi connectivity index (χ0) is 16.6. The molecule has 1 aromatic carbocycles. The molecule has 0 bridgehead atoms. The fourth-order valence-corrected chi connectivity index (χ4v) is 2.53. The molecule has 0 unspecified atom stereocenters. The first-order valence-electron chi connectivity index (χ1n) is 7.30. The van der Waals surface area contributed by atoms with Crippen LogP contribution in [0, 0.1) is 0 Å². The minimum atomic E-state index is -0.538. The van der Waals surface area contributed by atoms with Crippen molar-refractivity contribution in [2.45, 2.75) is 26.4 Å². The van der Waals surface area contributed by atoms with Crippen molar-refractivity contribution in [3.8, 4) is 11.1 Å². The number of carbonyl (C=O) groups is 1. The highest BCUT2D eigenvalue weighted by Crippen LogP contribution is 2.26. The fraction of sp³-hybridized carbons (Fsp3) is 0.222. The number of aromatic nitrogens is 2. The van der Waals surface area contributed by atoms with Crippen LogP contribution in [0.5, 0.6) is 0 Å². The summed E-state index contributed by atoms with van der Waals surface area (Å²) < 4.78 is 6.97. The fourth-order valence-electron chi connectivity index (χ4n) is 2.36. The van der Waals surface area contributed by atoms with Gasteiger partial charge in [-0.3, -0.25) is 4.57 Å². The number of carbonyl (C=O) groups excluding carboxylic acids is 1. The molecule has 23 heavy (non-hydrogen) atoms. The lowest BCUT2D eigenvalue weighted by Crippen LogP contribution is -2.26. The van der Waals surface area contributed by atoms with E-state index in [4.69, 9.17) is 16.3 Å². The van der Waals surface area contributed by atoms with Crippen LogP contribution in [0.15, 0.2) is 48.8 Å². The van der Waals surface area contributed by atoms with E-state index in [1.54, 1.807) is 18.5 Å². The summed E-state index contributed by atoms with van der Waals surface area (Å²) >= 11 is 5.96. The van der Waals surface area contributed by atoms with Crippen molar-refractivity contribution >= 4 is 28.6 Å². The molecule has 2 heterocycles. The van der Waals surface area contributed by atoms with E-state index in [1.165, 1.54) is 4.57 Å². The zero-order valence-electron chi connectivity index (χ0n) is 13.2. The van der Waals surface area contributed by atoms with Crippen LogP contribution in [0.3, 0.4) is 0 Å². The van der Waals surface area contributed by atoms with Gasteiger partial charge >= 0.3 is 6.09 Å². The zero-order valence-corrected chi connectivity index (χ0v) is 14.0. The van der Waals surface area contributed by atoms with E-state index >= 15 is 0 Å². The summed E-state index contributed by atoms with van der Waals surface area (Å²) in [6, 6.07) is 11.5. The summed E-state index contributed by atoms with van der Waals surface area (Å²) in [5.74, 6) is 0. The Morgan fingerprint density at radius 1 is 1.13 bits per heavy atom. The van der Waals surface area contributed by atoms with Crippen LogP contribution in [-0.4, -0.2) is 21.2 Å². The van der Waals surface area contributed by atoms with Crippen LogP contribution in [0.4, 0.5) is 4.79 Å². The lowest BCUT2D eigenvalue weighted by molar-refractivity contribution is 0.0544. The van der Waals surface area contributed by atoms with Gasteiger partial charge in [0, 0.05) is 17.8 Å². The molecule has 0 aliphatic rings. The molecule has 118 valence electrons. The highest BCUT2D eigenvalue weighted by Gasteiger charge is 2.19. The lowest BCUT2D eigenvalue weighted by Gasteiger charge is -2.19. The minimum Gasteiger partial charge on any atom is -0.443 e. The number of pyridine rings is 1. The highest BCUT2D eigenvalue weighted by molar-refractivity contribution is 6.29. The summed E-state index contributed by atoms with van der Waals surface area (Å²) in [4.78, 5) is 16.3. The van der Waals surface area contributed by atoms with Gasteiger partial charge in [-0.1, -0.05) is 23.7 Å². The van der Waals surface area contributed by atoms with Crippen LogP contribution in [-0.2, 0) is 4.74 Å². The quantitative estimate of drug-likeness (QED) is 0.581. The molecule has 0 amide bonds. The van der Waals surface area contributed by atoms with Crippen LogP contribution in [0.2, 0.25) is 5.15 Å². The number of halogens is 1. The largest absolute Gasteiger partial charge is 0.443 e. The Hall–Kier alpha value is -2.33. The Bertz CT molecular complexity index is 878. The second kappa shape index (κ2) is 5.70. The normalized spacial score (nSPS) is 11.7. The van der Waals surface area contributed by atoms with E-state index < -0.39 is 11.7 Å². The van der Waals surface area contributed by atoms with Gasteiger partial charge in [0.05, 0.1) is 5.52 Å². The minimum absolute atomic E-state index is 0.391. The first-order valence-corrected chi connectivity index (χ1v) is 7.68. The SMILES string of the molecule is CC(C)(C)OC(=O)n1ccc2ccc(-c3ccnc(Cl)c3)cc21. The van der Waals surface area contributed by atoms with E-state index in [0.29, 0.717) is 5.15 Å². The van der Waals surface area contributed by atoms with Crippen LogP contribution < -0.4 is 0 Å². The predicted molar refractivity (Wildman–Crippen MR) is 91.8 cm³/mol. The average Bonchev–Trinajstić information content (AvgIpc) is 2.88. The van der Waals surface area contributed by atoms with E-state index in [0.717, 1.165) is 22.0 Å². The van der Waals surface area contributed by atoms with Crippen molar-refractivity contribution in [2.75, 3.05) is 0 Å². The molecule has 3 aromatic rings. The molecule has 0 aliphatic heterocycles. The third kappa shape index (κ3) is 3.37. The van der Waals surface area contributed by atoms with Crippen molar-refractivity contribution in [1.29, 1.82) is 0 Å². The first kappa shape index (κ1) is 15.6. The molecule has 2 aromatic heterocycles. The Kier molecular flexibility index (Phi) is 3.86. The Labute approximate surface area is 139 Å². The monoisotopic (exact) mass is 328 g/mol. The number of nitrogens with zero attached hydrogens (tertiary/aromatic N) is 2. The molecule has 0 aliphatic carbocycles. The number of hydrogen-bond acceptors (Lipinski definition) is 3. The second-order valence-electron chi connectivity index (χ2n) is 6.31. The van der Waals surface area contributed by atoms with Gasteiger partial charge in [0.25, 0.3) is 0 Å². The first-order chi connectivity index (χ1) is 10.8. The molecule has 3 rings (SSSR count). The lowest BCUT2D eigenvalue weighted by atomic mass is 10.1. The third-order valence-corrected chi connectivity index (χ3v) is 3.55. The Morgan fingerprint density at radius 3 is 2.57 bits per heavy atom. The summed E-state index contributed by atoms with van der Waals surface area (Å²) in [7, 11) is 0. The molecule has 0 saturated heterocycles. The number of ether oxygens (including phenoxy) is 1. The van der Waals surface area contributed by atoms with Gasteiger partial charge in [0.15, 0.2) is 0 Å². The topological polar surface area (TPSA) is 44.1 Å². The molecule has 0 atom stereocenters. The van der Waals surface area contributed by atoms with E-state index in [9.17, 15) is 4.79 Å². The maximum absolute atomic E-state index is 12.3. The van der Waals surface area contributed by atoms with Gasteiger partial charge in [-0.25, -0.2) is 9.78 Å². The summed E-state index contributed by atoms with van der Waals surface area (Å²) in [5, 5.41) is 1.41. The molecular weight excluding hydrogens is 312 g/mol. The highest BCUT2D eigenvalue weighted by atomic mass is 35.5. The number of hydrogen-bond donors (Lipinski definition) is 0. The average molecular weight is 329 g/mol. The molecule has 0 fully saturated rings. The smallest absolute Gasteiger partial charge is 0.418 e. The predicted octanol–water partition coefficient (Wildman–Crippen LogP) is 5.14. The van der Waals surface area contributed by atoms with E-state index in [1.807, 2.05) is 51.1 Å². The summed E-state index contributed by atoms with van der Waals surface area (Å²) in [6.07, 6.45) is 2.99. The second-order valence-corrected chi connectivity index (χ2v) is 6.69. The van der Waals surface area contributed by atoms with Crippen molar-refractivity contribution < 1.29 is 9.53 Å². The maximum atomic E-state index is 12.3. The van der Waals surface area contributed by atoms with Gasteiger partial charge in [-0.2, -0.15) is 0 Å². The standard InChI is InChI=1S/C18H17ClN2O2/c1-18(2,3)23-17(22)21-9-7-12-4-5-13(10-15(12)21)14-6-8-20-16(19)11-14/h4-11H,1-3H3. The van der Waals surface area contributed by atoms with E-state index in [2.05, 4.69) is 4.98 Å².